The number of nitrogens with one attached hydrogen (secondary N) is 1. The summed E-state index contributed by atoms with van der Waals surface area (Å²) < 4.78 is 1.27. The van der Waals surface area contributed by atoms with Crippen LogP contribution in [0, 0.1) is 0 Å². The lowest BCUT2D eigenvalue weighted by Gasteiger charge is -2.38. The van der Waals surface area contributed by atoms with Crippen LogP contribution < -0.4 is 11.2 Å². The molecule has 8 nitrogen and oxygen atoms in total. The molecule has 120 valence electrons. The van der Waals surface area contributed by atoms with E-state index in [1.165, 1.54) is 16.8 Å². The fourth-order valence-electron chi connectivity index (χ4n) is 2.56. The summed E-state index contributed by atoms with van der Waals surface area (Å²) >= 11 is 0. The molecule has 1 saturated heterocycles. The fourth-order valence-corrected chi connectivity index (χ4v) is 2.56. The van der Waals surface area contributed by atoms with E-state index in [1.54, 1.807) is 16.7 Å². The van der Waals surface area contributed by atoms with Crippen molar-refractivity contribution in [2.24, 2.45) is 0 Å². The van der Waals surface area contributed by atoms with Crippen LogP contribution in [0.5, 0.6) is 0 Å². The maximum absolute atomic E-state index is 12.3. The highest BCUT2D eigenvalue weighted by Crippen LogP contribution is 2.12. The first-order chi connectivity index (χ1) is 10.4. The number of nitrogens with zero attached hydrogens (tertiary/aromatic N) is 3. The molecule has 0 radical (unpaired) electrons. The summed E-state index contributed by atoms with van der Waals surface area (Å²) in [7, 11) is 0. The summed E-state index contributed by atoms with van der Waals surface area (Å²) in [6.45, 7) is 5.46. The molecule has 22 heavy (non-hydrogen) atoms. The van der Waals surface area contributed by atoms with Crippen LogP contribution in [0.25, 0.3) is 0 Å². The first-order valence-corrected chi connectivity index (χ1v) is 7.32. The highest BCUT2D eigenvalue weighted by Gasteiger charge is 2.33. The molecular formula is C14H20N4O4. The largest absolute Gasteiger partial charge is 0.339 e. The molecule has 8 heteroatoms. The third kappa shape index (κ3) is 3.26. The first-order valence-electron chi connectivity index (χ1n) is 7.32. The summed E-state index contributed by atoms with van der Waals surface area (Å²) in [5, 5.41) is 0. The maximum atomic E-state index is 12.3. The predicted molar refractivity (Wildman–Crippen MR) is 79.4 cm³/mol. The van der Waals surface area contributed by atoms with Crippen molar-refractivity contribution in [3.63, 3.8) is 0 Å². The zero-order valence-corrected chi connectivity index (χ0v) is 12.7. The van der Waals surface area contributed by atoms with Crippen LogP contribution >= 0.6 is 0 Å². The summed E-state index contributed by atoms with van der Waals surface area (Å²) in [6, 6.07) is 0.756. The Bertz CT molecular complexity index is 678. The molecule has 0 aliphatic carbocycles. The van der Waals surface area contributed by atoms with Gasteiger partial charge >= 0.3 is 5.69 Å². The van der Waals surface area contributed by atoms with Crippen molar-refractivity contribution in [2.45, 2.75) is 32.9 Å². The number of aromatic nitrogens is 2. The second kappa shape index (κ2) is 6.59. The number of hydrogen-bond acceptors (Lipinski definition) is 4. The SMILES string of the molecule is CCN1CCN(C(=O)CCn2ccc(=O)[nH]c2=O)[C@H](C)C1=O. The highest BCUT2D eigenvalue weighted by molar-refractivity contribution is 5.88. The third-order valence-electron chi connectivity index (χ3n) is 3.91. The van der Waals surface area contributed by atoms with E-state index in [9.17, 15) is 19.2 Å². The van der Waals surface area contributed by atoms with Gasteiger partial charge in [-0.05, 0) is 13.8 Å². The molecule has 1 fully saturated rings. The van der Waals surface area contributed by atoms with Gasteiger partial charge in [0.25, 0.3) is 5.56 Å². The van der Waals surface area contributed by atoms with E-state index in [0.717, 1.165) is 0 Å². The van der Waals surface area contributed by atoms with Crippen LogP contribution in [0.3, 0.4) is 0 Å². The Morgan fingerprint density at radius 2 is 2.05 bits per heavy atom. The normalized spacial score (nSPS) is 18.6. The van der Waals surface area contributed by atoms with Crippen LogP contribution in [0.2, 0.25) is 0 Å². The van der Waals surface area contributed by atoms with Gasteiger partial charge in [0.1, 0.15) is 6.04 Å². The van der Waals surface area contributed by atoms with Crippen molar-refractivity contribution >= 4 is 11.8 Å². The van der Waals surface area contributed by atoms with Crippen molar-refractivity contribution in [3.05, 3.63) is 33.1 Å². The summed E-state index contributed by atoms with van der Waals surface area (Å²) in [5.74, 6) is -0.224. The number of carbonyl (C=O) groups is 2. The number of amides is 2. The van der Waals surface area contributed by atoms with Gasteiger partial charge in [0.2, 0.25) is 11.8 Å². The average molecular weight is 308 g/mol. The van der Waals surface area contributed by atoms with E-state index < -0.39 is 17.3 Å². The molecule has 1 N–H and O–H groups in total. The van der Waals surface area contributed by atoms with E-state index in [1.807, 2.05) is 6.92 Å². The molecule has 2 rings (SSSR count). The topological polar surface area (TPSA) is 95.5 Å². The minimum atomic E-state index is -0.541. The Balaban J connectivity index is 1.99. The van der Waals surface area contributed by atoms with Crippen molar-refractivity contribution < 1.29 is 9.59 Å². The molecule has 0 unspecified atom stereocenters. The number of carbonyl (C=O) groups excluding carboxylic acids is 2. The molecule has 0 aromatic carbocycles. The van der Waals surface area contributed by atoms with Gasteiger partial charge in [-0.3, -0.25) is 19.4 Å². The van der Waals surface area contributed by atoms with Gasteiger partial charge < -0.3 is 14.4 Å². The predicted octanol–water partition coefficient (Wildman–Crippen LogP) is -0.994. The second-order valence-electron chi connectivity index (χ2n) is 5.23. The Labute approximate surface area is 127 Å². The molecule has 0 spiro atoms. The van der Waals surface area contributed by atoms with Crippen molar-refractivity contribution in [2.75, 3.05) is 19.6 Å². The van der Waals surface area contributed by atoms with Gasteiger partial charge in [0.15, 0.2) is 0 Å². The monoisotopic (exact) mass is 308 g/mol. The zero-order valence-electron chi connectivity index (χ0n) is 12.7. The molecule has 1 aromatic heterocycles. The number of H-pyrrole nitrogens is 1. The lowest BCUT2D eigenvalue weighted by molar-refractivity contribution is -0.150. The van der Waals surface area contributed by atoms with Crippen LogP contribution in [0.15, 0.2) is 21.9 Å². The second-order valence-corrected chi connectivity index (χ2v) is 5.23. The fraction of sp³-hybridized carbons (Fsp3) is 0.571. The summed E-state index contributed by atoms with van der Waals surface area (Å²) in [4.78, 5) is 52.3. The molecule has 0 bridgehead atoms. The van der Waals surface area contributed by atoms with Crippen LogP contribution in [0.1, 0.15) is 20.3 Å². The average Bonchev–Trinajstić information content (AvgIpc) is 2.48. The Kier molecular flexibility index (Phi) is 4.79. The highest BCUT2D eigenvalue weighted by atomic mass is 16.2. The minimum absolute atomic E-state index is 0.0525. The first kappa shape index (κ1) is 16.0. The Morgan fingerprint density at radius 1 is 1.32 bits per heavy atom. The van der Waals surface area contributed by atoms with Gasteiger partial charge in [-0.15, -0.1) is 0 Å². The molecular weight excluding hydrogens is 288 g/mol. The standard InChI is InChI=1S/C14H20N4O4/c1-3-16-8-9-18(10(2)13(16)21)12(20)5-7-17-6-4-11(19)15-14(17)22/h4,6,10H,3,5,7-9H2,1-2H3,(H,15,19,22)/t10-/m1/s1. The van der Waals surface area contributed by atoms with E-state index in [2.05, 4.69) is 4.98 Å². The van der Waals surface area contributed by atoms with E-state index in [4.69, 9.17) is 0 Å². The van der Waals surface area contributed by atoms with Gasteiger partial charge in [0.05, 0.1) is 0 Å². The lowest BCUT2D eigenvalue weighted by atomic mass is 10.1. The molecule has 2 heterocycles. The molecule has 0 saturated carbocycles. The van der Waals surface area contributed by atoms with Crippen LogP contribution in [-0.2, 0) is 16.1 Å². The summed E-state index contributed by atoms with van der Waals surface area (Å²) in [5.41, 5.74) is -1.01. The molecule has 1 aliphatic rings. The van der Waals surface area contributed by atoms with Crippen molar-refractivity contribution in [1.82, 2.24) is 19.4 Å². The molecule has 1 atom stereocenters. The number of hydrogen-bond donors (Lipinski definition) is 1. The van der Waals surface area contributed by atoms with Gasteiger partial charge in [0, 0.05) is 44.9 Å². The van der Waals surface area contributed by atoms with Gasteiger partial charge in [-0.25, -0.2) is 4.79 Å². The third-order valence-corrected chi connectivity index (χ3v) is 3.91. The van der Waals surface area contributed by atoms with Crippen LogP contribution in [-0.4, -0.2) is 56.8 Å². The van der Waals surface area contributed by atoms with Crippen LogP contribution in [0.4, 0.5) is 0 Å². The van der Waals surface area contributed by atoms with E-state index in [-0.39, 0.29) is 24.8 Å². The van der Waals surface area contributed by atoms with Gasteiger partial charge in [-0.2, -0.15) is 0 Å². The number of piperazine rings is 1. The zero-order chi connectivity index (χ0) is 16.3. The van der Waals surface area contributed by atoms with Crippen molar-refractivity contribution in [3.8, 4) is 0 Å². The lowest BCUT2D eigenvalue weighted by Crippen LogP contribution is -2.57. The van der Waals surface area contributed by atoms with E-state index >= 15 is 0 Å². The Hall–Kier alpha value is -2.38. The number of aromatic amines is 1. The molecule has 1 aromatic rings. The number of likely N-dealkylation sites (N-methyl/N-ethyl adjacent to an activating group) is 1. The quantitative estimate of drug-likeness (QED) is 0.772. The molecule has 1 aliphatic heterocycles. The van der Waals surface area contributed by atoms with E-state index in [0.29, 0.717) is 19.6 Å². The number of aryl methyl sites for hydroxylation is 1. The Morgan fingerprint density at radius 3 is 2.68 bits per heavy atom. The maximum Gasteiger partial charge on any atom is 0.328 e. The number of rotatable bonds is 4. The van der Waals surface area contributed by atoms with Gasteiger partial charge in [-0.1, -0.05) is 0 Å². The molecule has 2 amide bonds. The van der Waals surface area contributed by atoms with Crippen molar-refractivity contribution in [1.29, 1.82) is 0 Å². The smallest absolute Gasteiger partial charge is 0.328 e. The summed E-state index contributed by atoms with van der Waals surface area (Å²) in [6.07, 6.45) is 1.47. The minimum Gasteiger partial charge on any atom is -0.339 e.